The lowest BCUT2D eigenvalue weighted by Gasteiger charge is -2.09. The molecule has 0 atom stereocenters. The Labute approximate surface area is 217 Å². The van der Waals surface area contributed by atoms with Crippen LogP contribution in [-0.4, -0.2) is 136 Å². The Bertz CT molecular complexity index is 581. The molecule has 0 aliphatic heterocycles. The first-order valence-corrected chi connectivity index (χ1v) is 12.3. The van der Waals surface area contributed by atoms with Crippen LogP contribution >= 0.6 is 0 Å². The Morgan fingerprint density at radius 2 is 0.973 bits per heavy atom. The van der Waals surface area contributed by atoms with Crippen LogP contribution in [0, 0.1) is 0 Å². The molecule has 216 valence electrons. The van der Waals surface area contributed by atoms with E-state index in [4.69, 9.17) is 48.5 Å². The first-order chi connectivity index (χ1) is 18.2. The van der Waals surface area contributed by atoms with E-state index in [1.165, 1.54) is 0 Å². The fourth-order valence-electron chi connectivity index (χ4n) is 2.35. The minimum absolute atomic E-state index is 0.0158. The lowest BCUT2D eigenvalue weighted by Crippen LogP contribution is -2.28. The summed E-state index contributed by atoms with van der Waals surface area (Å²) in [4.78, 5) is 24.7. The SMILES string of the molecule is [N-]=[N+]=NCCOCCOCCOCCOCCC(=O)NCCOCCOCCOCCOCCC(=O)O. The van der Waals surface area contributed by atoms with Crippen molar-refractivity contribution in [1.29, 1.82) is 0 Å². The van der Waals surface area contributed by atoms with Gasteiger partial charge in [-0.2, -0.15) is 0 Å². The first kappa shape index (κ1) is 34.9. The van der Waals surface area contributed by atoms with Crippen molar-refractivity contribution in [2.24, 2.45) is 5.11 Å². The number of amides is 1. The van der Waals surface area contributed by atoms with Crippen LogP contribution < -0.4 is 5.32 Å². The smallest absolute Gasteiger partial charge is 0.305 e. The van der Waals surface area contributed by atoms with Crippen molar-refractivity contribution in [1.82, 2.24) is 5.32 Å². The second kappa shape index (κ2) is 30.2. The maximum Gasteiger partial charge on any atom is 0.305 e. The van der Waals surface area contributed by atoms with Crippen LogP contribution in [0.5, 0.6) is 0 Å². The maximum atomic E-state index is 11.7. The van der Waals surface area contributed by atoms with Crippen molar-refractivity contribution < 1.29 is 52.6 Å². The van der Waals surface area contributed by atoms with Crippen molar-refractivity contribution in [3.8, 4) is 0 Å². The van der Waals surface area contributed by atoms with Gasteiger partial charge in [-0.25, -0.2) is 0 Å². The van der Waals surface area contributed by atoms with Gasteiger partial charge in [-0.05, 0) is 5.53 Å². The second-order valence-electron chi connectivity index (χ2n) is 7.10. The third-order valence-electron chi connectivity index (χ3n) is 4.13. The highest BCUT2D eigenvalue weighted by Crippen LogP contribution is 1.88. The summed E-state index contributed by atoms with van der Waals surface area (Å²) in [6, 6.07) is 0. The molecule has 37 heavy (non-hydrogen) atoms. The zero-order chi connectivity index (χ0) is 27.1. The monoisotopic (exact) mass is 538 g/mol. The van der Waals surface area contributed by atoms with E-state index in [1.54, 1.807) is 0 Å². The molecule has 0 aromatic carbocycles. The highest BCUT2D eigenvalue weighted by molar-refractivity contribution is 5.75. The molecule has 0 unspecified atom stereocenters. The topological polar surface area (TPSA) is 189 Å². The molecular weight excluding hydrogens is 496 g/mol. The molecule has 0 saturated carbocycles. The quantitative estimate of drug-likeness (QED) is 0.0557. The predicted molar refractivity (Wildman–Crippen MR) is 130 cm³/mol. The van der Waals surface area contributed by atoms with Crippen LogP contribution in [0.2, 0.25) is 0 Å². The fraction of sp³-hybridized carbons (Fsp3) is 0.909. The van der Waals surface area contributed by atoms with Crippen LogP contribution in [0.4, 0.5) is 0 Å². The van der Waals surface area contributed by atoms with Gasteiger partial charge in [-0.15, -0.1) is 0 Å². The molecule has 0 heterocycles. The third-order valence-corrected chi connectivity index (χ3v) is 4.13. The molecule has 0 aliphatic rings. The Hall–Kier alpha value is -2.07. The Kier molecular flexibility index (Phi) is 28.5. The van der Waals surface area contributed by atoms with Gasteiger partial charge in [0.1, 0.15) is 0 Å². The van der Waals surface area contributed by atoms with Crippen LogP contribution in [-0.2, 0) is 47.5 Å². The van der Waals surface area contributed by atoms with Crippen molar-refractivity contribution in [3.05, 3.63) is 10.4 Å². The summed E-state index contributed by atoms with van der Waals surface area (Å²) in [7, 11) is 0. The minimum atomic E-state index is -0.887. The number of ether oxygens (including phenoxy) is 8. The van der Waals surface area contributed by atoms with Gasteiger partial charge in [0.05, 0.1) is 112 Å². The number of hydrogen-bond donors (Lipinski definition) is 2. The van der Waals surface area contributed by atoms with Gasteiger partial charge in [0.25, 0.3) is 0 Å². The molecule has 2 N–H and O–H groups in total. The number of azide groups is 1. The number of carboxylic acids is 1. The van der Waals surface area contributed by atoms with E-state index in [2.05, 4.69) is 15.3 Å². The summed E-state index contributed by atoms with van der Waals surface area (Å²) >= 11 is 0. The van der Waals surface area contributed by atoms with E-state index < -0.39 is 5.97 Å². The Morgan fingerprint density at radius 1 is 0.595 bits per heavy atom. The number of carboxylic acid groups (broad SMARTS) is 1. The molecular formula is C22H42N4O11. The molecule has 0 aliphatic carbocycles. The standard InChI is InChI=1S/C22H42N4O11/c23-26-25-4-8-33-12-16-37-20-17-34-13-9-30-5-1-21(27)24-3-7-32-11-15-36-19-18-35-14-10-31-6-2-22(28)29/h1-20H2,(H,24,27)(H,28,29). The van der Waals surface area contributed by atoms with E-state index in [-0.39, 0.29) is 25.4 Å². The number of hydrogen-bond acceptors (Lipinski definition) is 11. The summed E-state index contributed by atoms with van der Waals surface area (Å²) in [6.07, 6.45) is 0.245. The summed E-state index contributed by atoms with van der Waals surface area (Å²) in [5.74, 6) is -0.998. The second-order valence-corrected chi connectivity index (χ2v) is 7.10. The van der Waals surface area contributed by atoms with Crippen LogP contribution in [0.25, 0.3) is 10.4 Å². The fourth-order valence-corrected chi connectivity index (χ4v) is 2.35. The van der Waals surface area contributed by atoms with Gasteiger partial charge in [-0.3, -0.25) is 9.59 Å². The molecule has 0 saturated heterocycles. The molecule has 0 bridgehead atoms. The van der Waals surface area contributed by atoms with Gasteiger partial charge in [0.15, 0.2) is 0 Å². The van der Waals surface area contributed by atoms with Crippen molar-refractivity contribution in [3.63, 3.8) is 0 Å². The number of carbonyl (C=O) groups excluding carboxylic acids is 1. The highest BCUT2D eigenvalue weighted by atomic mass is 16.6. The maximum absolute atomic E-state index is 11.7. The normalized spacial score (nSPS) is 10.8. The largest absolute Gasteiger partial charge is 0.481 e. The molecule has 1 amide bonds. The van der Waals surface area contributed by atoms with Crippen molar-refractivity contribution in [2.45, 2.75) is 12.8 Å². The molecule has 15 heteroatoms. The molecule has 0 aromatic heterocycles. The van der Waals surface area contributed by atoms with E-state index in [9.17, 15) is 9.59 Å². The van der Waals surface area contributed by atoms with E-state index in [1.807, 2.05) is 0 Å². The molecule has 0 fully saturated rings. The molecule has 0 radical (unpaired) electrons. The van der Waals surface area contributed by atoms with Crippen LogP contribution in [0.15, 0.2) is 5.11 Å². The number of nitrogens with zero attached hydrogens (tertiary/aromatic N) is 3. The number of rotatable bonds is 30. The van der Waals surface area contributed by atoms with Gasteiger partial charge in [-0.1, -0.05) is 5.11 Å². The zero-order valence-electron chi connectivity index (χ0n) is 21.5. The molecule has 0 aromatic rings. The number of nitrogens with one attached hydrogen (secondary N) is 1. The Balaban J connectivity index is 3.17. The van der Waals surface area contributed by atoms with Gasteiger partial charge in [0.2, 0.25) is 5.91 Å². The summed E-state index contributed by atoms with van der Waals surface area (Å²) in [6.45, 7) is 6.93. The number of aliphatic carboxylic acids is 1. The molecule has 15 nitrogen and oxygen atoms in total. The summed E-state index contributed by atoms with van der Waals surface area (Å²) in [5, 5.41) is 14.6. The number of carbonyl (C=O) groups is 2. The lowest BCUT2D eigenvalue weighted by molar-refractivity contribution is -0.138. The van der Waals surface area contributed by atoms with Crippen molar-refractivity contribution in [2.75, 3.05) is 119 Å². The molecule has 0 rings (SSSR count). The highest BCUT2D eigenvalue weighted by Gasteiger charge is 2.01. The Morgan fingerprint density at radius 3 is 1.41 bits per heavy atom. The predicted octanol–water partition coefficient (Wildman–Crippen LogP) is 0.411. The summed E-state index contributed by atoms with van der Waals surface area (Å²) in [5.41, 5.74) is 8.11. The van der Waals surface area contributed by atoms with Crippen LogP contribution in [0.3, 0.4) is 0 Å². The first-order valence-electron chi connectivity index (χ1n) is 12.3. The van der Waals surface area contributed by atoms with E-state index in [0.717, 1.165) is 0 Å². The van der Waals surface area contributed by atoms with Crippen LogP contribution in [0.1, 0.15) is 12.8 Å². The van der Waals surface area contributed by atoms with Gasteiger partial charge >= 0.3 is 5.97 Å². The third kappa shape index (κ3) is 31.9. The van der Waals surface area contributed by atoms with Gasteiger partial charge < -0.3 is 48.3 Å². The lowest BCUT2D eigenvalue weighted by atomic mass is 10.4. The average Bonchev–Trinajstić information content (AvgIpc) is 2.88. The van der Waals surface area contributed by atoms with Crippen molar-refractivity contribution >= 4 is 11.9 Å². The zero-order valence-corrected chi connectivity index (χ0v) is 21.5. The van der Waals surface area contributed by atoms with E-state index >= 15 is 0 Å². The van der Waals surface area contributed by atoms with E-state index in [0.29, 0.717) is 112 Å². The molecule has 0 spiro atoms. The summed E-state index contributed by atoms with van der Waals surface area (Å²) < 4.78 is 42.3. The average molecular weight is 539 g/mol. The van der Waals surface area contributed by atoms with Gasteiger partial charge in [0, 0.05) is 24.4 Å². The minimum Gasteiger partial charge on any atom is -0.481 e.